The smallest absolute Gasteiger partial charge is 0.337 e. The SMILES string of the molecule is O=C(c1n[nH]c2c1CCCC2)N1C[C@H]2C[C@@H](c3ccccc3C(F)(F)F)C[C@H]2C1. The Hall–Kier alpha value is -2.31. The Morgan fingerprint density at radius 3 is 2.48 bits per heavy atom. The van der Waals surface area contributed by atoms with Gasteiger partial charge in [0, 0.05) is 24.3 Å². The van der Waals surface area contributed by atoms with Crippen molar-refractivity contribution in [2.75, 3.05) is 13.1 Å². The van der Waals surface area contributed by atoms with Gasteiger partial charge in [-0.15, -0.1) is 0 Å². The van der Waals surface area contributed by atoms with E-state index in [1.165, 1.54) is 12.1 Å². The second-order valence-corrected chi connectivity index (χ2v) is 8.72. The minimum atomic E-state index is -4.32. The number of benzene rings is 1. The van der Waals surface area contributed by atoms with E-state index in [4.69, 9.17) is 0 Å². The Kier molecular flexibility index (Phi) is 4.44. The number of halogens is 3. The topological polar surface area (TPSA) is 49.0 Å². The second-order valence-electron chi connectivity index (χ2n) is 8.72. The van der Waals surface area contributed by atoms with Crippen LogP contribution in [0.25, 0.3) is 0 Å². The van der Waals surface area contributed by atoms with E-state index >= 15 is 0 Å². The molecule has 29 heavy (non-hydrogen) atoms. The molecule has 3 aliphatic rings. The first-order valence-corrected chi connectivity index (χ1v) is 10.4. The van der Waals surface area contributed by atoms with Crippen LogP contribution in [0.5, 0.6) is 0 Å². The van der Waals surface area contributed by atoms with Gasteiger partial charge in [-0.25, -0.2) is 0 Å². The number of carbonyl (C=O) groups is 1. The summed E-state index contributed by atoms with van der Waals surface area (Å²) in [4.78, 5) is 14.9. The third kappa shape index (κ3) is 3.24. The van der Waals surface area contributed by atoms with Gasteiger partial charge in [-0.2, -0.15) is 18.3 Å². The van der Waals surface area contributed by atoms with Crippen molar-refractivity contribution in [3.63, 3.8) is 0 Å². The molecule has 4 nitrogen and oxygen atoms in total. The molecule has 3 atom stereocenters. The van der Waals surface area contributed by atoms with Crippen LogP contribution < -0.4 is 0 Å². The summed E-state index contributed by atoms with van der Waals surface area (Å²) in [5, 5.41) is 7.32. The molecule has 0 bridgehead atoms. The van der Waals surface area contributed by atoms with Gasteiger partial charge >= 0.3 is 6.18 Å². The summed E-state index contributed by atoms with van der Waals surface area (Å²) in [5.41, 5.74) is 2.60. The van der Waals surface area contributed by atoms with Crippen LogP contribution in [0.4, 0.5) is 13.2 Å². The number of nitrogens with zero attached hydrogens (tertiary/aromatic N) is 2. The summed E-state index contributed by atoms with van der Waals surface area (Å²) in [6.45, 7) is 1.24. The summed E-state index contributed by atoms with van der Waals surface area (Å²) in [6.07, 6.45) is 1.14. The van der Waals surface area contributed by atoms with Crippen molar-refractivity contribution >= 4 is 5.91 Å². The summed E-state index contributed by atoms with van der Waals surface area (Å²) in [7, 11) is 0. The van der Waals surface area contributed by atoms with Crippen LogP contribution in [0, 0.1) is 11.8 Å². The molecule has 2 heterocycles. The van der Waals surface area contributed by atoms with Crippen molar-refractivity contribution in [3.8, 4) is 0 Å². The van der Waals surface area contributed by atoms with Gasteiger partial charge in [-0.3, -0.25) is 9.89 Å². The number of aromatic amines is 1. The van der Waals surface area contributed by atoms with E-state index in [2.05, 4.69) is 10.2 Å². The van der Waals surface area contributed by atoms with Gasteiger partial charge in [-0.05, 0) is 67.9 Å². The number of alkyl halides is 3. The molecule has 5 rings (SSSR count). The van der Waals surface area contributed by atoms with Gasteiger partial charge in [0.25, 0.3) is 5.91 Å². The van der Waals surface area contributed by atoms with Crippen molar-refractivity contribution in [1.29, 1.82) is 0 Å². The van der Waals surface area contributed by atoms with Crippen LogP contribution in [0.2, 0.25) is 0 Å². The summed E-state index contributed by atoms with van der Waals surface area (Å²) in [6, 6.07) is 5.94. The highest BCUT2D eigenvalue weighted by molar-refractivity contribution is 5.94. The van der Waals surface area contributed by atoms with Crippen LogP contribution in [0.1, 0.15) is 64.5 Å². The molecule has 2 aromatic rings. The van der Waals surface area contributed by atoms with E-state index in [9.17, 15) is 18.0 Å². The molecule has 7 heteroatoms. The number of rotatable bonds is 2. The van der Waals surface area contributed by atoms with Crippen molar-refractivity contribution < 1.29 is 18.0 Å². The van der Waals surface area contributed by atoms with Crippen LogP contribution in [0.15, 0.2) is 24.3 Å². The van der Waals surface area contributed by atoms with Crippen LogP contribution in [0.3, 0.4) is 0 Å². The highest BCUT2D eigenvalue weighted by Crippen LogP contribution is 2.49. The maximum Gasteiger partial charge on any atom is 0.416 e. The minimum Gasteiger partial charge on any atom is -0.337 e. The number of hydrogen-bond acceptors (Lipinski definition) is 2. The van der Waals surface area contributed by atoms with Crippen molar-refractivity contribution in [1.82, 2.24) is 15.1 Å². The van der Waals surface area contributed by atoms with Crippen molar-refractivity contribution in [2.24, 2.45) is 11.8 Å². The lowest BCUT2D eigenvalue weighted by Gasteiger charge is -2.21. The summed E-state index contributed by atoms with van der Waals surface area (Å²) in [5.74, 6) is 0.421. The number of amides is 1. The molecular formula is C22H24F3N3O. The van der Waals surface area contributed by atoms with Gasteiger partial charge < -0.3 is 4.90 Å². The molecule has 1 amide bonds. The quantitative estimate of drug-likeness (QED) is 0.798. The average molecular weight is 403 g/mol. The molecule has 1 aromatic carbocycles. The fraction of sp³-hybridized carbons (Fsp3) is 0.545. The Balaban J connectivity index is 1.30. The van der Waals surface area contributed by atoms with Crippen LogP contribution in [-0.4, -0.2) is 34.1 Å². The highest BCUT2D eigenvalue weighted by atomic mass is 19.4. The number of likely N-dealkylation sites (tertiary alicyclic amines) is 1. The van der Waals surface area contributed by atoms with Gasteiger partial charge in [0.05, 0.1) is 5.56 Å². The van der Waals surface area contributed by atoms with Gasteiger partial charge in [0.15, 0.2) is 5.69 Å². The lowest BCUT2D eigenvalue weighted by Crippen LogP contribution is -2.31. The number of aryl methyl sites for hydroxylation is 1. The zero-order valence-electron chi connectivity index (χ0n) is 16.1. The molecule has 0 spiro atoms. The zero-order chi connectivity index (χ0) is 20.2. The molecule has 1 aromatic heterocycles. The fourth-order valence-corrected chi connectivity index (χ4v) is 5.64. The van der Waals surface area contributed by atoms with Crippen LogP contribution >= 0.6 is 0 Å². The second kappa shape index (κ2) is 6.89. The lowest BCUT2D eigenvalue weighted by atomic mass is 9.91. The normalized spacial score (nSPS) is 26.4. The predicted molar refractivity (Wildman–Crippen MR) is 102 cm³/mol. The average Bonchev–Trinajstić information content (AvgIpc) is 3.39. The number of carbonyl (C=O) groups excluding carboxylic acids is 1. The largest absolute Gasteiger partial charge is 0.416 e. The monoisotopic (exact) mass is 403 g/mol. The maximum absolute atomic E-state index is 13.4. The minimum absolute atomic E-state index is 0.0222. The van der Waals surface area contributed by atoms with E-state index in [0.29, 0.717) is 37.2 Å². The van der Waals surface area contributed by atoms with Crippen molar-refractivity contribution in [2.45, 2.75) is 50.6 Å². The summed E-state index contributed by atoms with van der Waals surface area (Å²) >= 11 is 0. The molecule has 2 aliphatic carbocycles. The first-order valence-electron chi connectivity index (χ1n) is 10.4. The van der Waals surface area contributed by atoms with E-state index in [0.717, 1.165) is 36.9 Å². The van der Waals surface area contributed by atoms with E-state index in [-0.39, 0.29) is 23.7 Å². The van der Waals surface area contributed by atoms with Crippen LogP contribution in [-0.2, 0) is 19.0 Å². The molecule has 1 N–H and O–H groups in total. The van der Waals surface area contributed by atoms with E-state index in [1.807, 2.05) is 4.90 Å². The standard InChI is InChI=1S/C22H24F3N3O/c23-22(24,25)18-7-3-1-5-16(18)13-9-14-11-28(12-15(14)10-13)21(29)20-17-6-2-4-8-19(17)26-27-20/h1,3,5,7,13-15H,2,4,6,8-12H2,(H,26,27)/t13-,14-,15+. The molecule has 0 unspecified atom stereocenters. The first kappa shape index (κ1) is 18.7. The number of fused-ring (bicyclic) bond motifs is 2. The summed E-state index contributed by atoms with van der Waals surface area (Å²) < 4.78 is 40.2. The van der Waals surface area contributed by atoms with E-state index in [1.54, 1.807) is 12.1 Å². The van der Waals surface area contributed by atoms with Gasteiger partial charge in [0.1, 0.15) is 0 Å². The molecular weight excluding hydrogens is 379 g/mol. The zero-order valence-corrected chi connectivity index (χ0v) is 16.1. The molecule has 0 radical (unpaired) electrons. The fourth-order valence-electron chi connectivity index (χ4n) is 5.64. The van der Waals surface area contributed by atoms with Crippen molar-refractivity contribution in [3.05, 3.63) is 52.3 Å². The Labute approximate surface area is 167 Å². The highest BCUT2D eigenvalue weighted by Gasteiger charge is 2.45. The maximum atomic E-state index is 13.4. The Morgan fingerprint density at radius 2 is 1.76 bits per heavy atom. The lowest BCUT2D eigenvalue weighted by molar-refractivity contribution is -0.138. The van der Waals surface area contributed by atoms with Gasteiger partial charge in [-0.1, -0.05) is 18.2 Å². The number of aromatic nitrogens is 2. The third-order valence-electron chi connectivity index (χ3n) is 7.00. The third-order valence-corrected chi connectivity index (χ3v) is 7.00. The van der Waals surface area contributed by atoms with E-state index < -0.39 is 11.7 Å². The Bertz CT molecular complexity index is 922. The first-order chi connectivity index (χ1) is 13.9. The number of H-pyrrole nitrogens is 1. The molecule has 1 saturated carbocycles. The molecule has 2 fully saturated rings. The molecule has 1 saturated heterocycles. The molecule has 154 valence electrons. The number of nitrogens with one attached hydrogen (secondary N) is 1. The molecule has 1 aliphatic heterocycles. The Morgan fingerprint density at radius 1 is 1.07 bits per heavy atom. The number of hydrogen-bond donors (Lipinski definition) is 1. The van der Waals surface area contributed by atoms with Gasteiger partial charge in [0.2, 0.25) is 0 Å². The predicted octanol–water partition coefficient (Wildman–Crippen LogP) is 4.57.